The summed E-state index contributed by atoms with van der Waals surface area (Å²) in [6, 6.07) is 6.98. The molecule has 0 unspecified atom stereocenters. The molecule has 1 aliphatic heterocycles. The molecule has 1 aliphatic rings. The molecule has 3 rings (SSSR count). The molecule has 0 atom stereocenters. The zero-order valence-corrected chi connectivity index (χ0v) is 15.9. The van der Waals surface area contributed by atoms with Gasteiger partial charge in [-0.1, -0.05) is 0 Å². The molecule has 0 spiro atoms. The van der Waals surface area contributed by atoms with Crippen LogP contribution in [0.5, 0.6) is 0 Å². The van der Waals surface area contributed by atoms with Gasteiger partial charge in [-0.05, 0) is 61.9 Å². The quantitative estimate of drug-likeness (QED) is 0.819. The lowest BCUT2D eigenvalue weighted by Crippen LogP contribution is -2.41. The van der Waals surface area contributed by atoms with Crippen molar-refractivity contribution in [3.8, 4) is 0 Å². The fraction of sp³-hybridized carbons (Fsp3) is 0.450. The molecule has 2 heterocycles. The molecule has 1 fully saturated rings. The highest BCUT2D eigenvalue weighted by atomic mass is 16.5. The average molecular weight is 370 g/mol. The monoisotopic (exact) mass is 370 g/mol. The Morgan fingerprint density at radius 1 is 1.30 bits per heavy atom. The molecular formula is C20H26N4O3. The number of anilines is 1. The lowest BCUT2D eigenvalue weighted by molar-refractivity contribution is 0.0600. The number of urea groups is 1. The highest BCUT2D eigenvalue weighted by Crippen LogP contribution is 2.23. The number of nitrogens with zero attached hydrogens (tertiary/aromatic N) is 3. The fourth-order valence-electron chi connectivity index (χ4n) is 3.42. The van der Waals surface area contributed by atoms with Gasteiger partial charge in [0.25, 0.3) is 0 Å². The van der Waals surface area contributed by atoms with E-state index in [-0.39, 0.29) is 12.0 Å². The molecular weight excluding hydrogens is 344 g/mol. The SMILES string of the molecule is COC(=O)c1ccc(NC(=O)N2CCC(CCn3cccn3)CC2)c(C)c1. The van der Waals surface area contributed by atoms with Crippen LogP contribution in [0, 0.1) is 12.8 Å². The highest BCUT2D eigenvalue weighted by Gasteiger charge is 2.23. The van der Waals surface area contributed by atoms with E-state index in [4.69, 9.17) is 4.74 Å². The van der Waals surface area contributed by atoms with Crippen LogP contribution in [0.3, 0.4) is 0 Å². The lowest BCUT2D eigenvalue weighted by atomic mass is 9.94. The van der Waals surface area contributed by atoms with E-state index in [1.54, 1.807) is 24.4 Å². The van der Waals surface area contributed by atoms with E-state index >= 15 is 0 Å². The maximum atomic E-state index is 12.6. The van der Waals surface area contributed by atoms with Crippen LogP contribution in [0.25, 0.3) is 0 Å². The first-order valence-corrected chi connectivity index (χ1v) is 9.29. The van der Waals surface area contributed by atoms with Crippen LogP contribution >= 0.6 is 0 Å². The van der Waals surface area contributed by atoms with E-state index < -0.39 is 0 Å². The number of aryl methyl sites for hydroxylation is 2. The minimum atomic E-state index is -0.381. The first-order valence-electron chi connectivity index (χ1n) is 9.29. The van der Waals surface area contributed by atoms with E-state index in [0.29, 0.717) is 17.2 Å². The Morgan fingerprint density at radius 2 is 2.07 bits per heavy atom. The Bertz CT molecular complexity index is 781. The number of amides is 2. The summed E-state index contributed by atoms with van der Waals surface area (Å²) in [5.74, 6) is 0.243. The smallest absolute Gasteiger partial charge is 0.337 e. The van der Waals surface area contributed by atoms with Gasteiger partial charge in [0.15, 0.2) is 0 Å². The Balaban J connectivity index is 1.48. The number of rotatable bonds is 5. The van der Waals surface area contributed by atoms with Gasteiger partial charge in [-0.15, -0.1) is 0 Å². The number of nitrogens with one attached hydrogen (secondary N) is 1. The minimum absolute atomic E-state index is 0.0885. The van der Waals surface area contributed by atoms with Crippen LogP contribution < -0.4 is 5.32 Å². The van der Waals surface area contributed by atoms with Crippen molar-refractivity contribution in [3.05, 3.63) is 47.8 Å². The fourth-order valence-corrected chi connectivity index (χ4v) is 3.42. The molecule has 1 N–H and O–H groups in total. The maximum Gasteiger partial charge on any atom is 0.337 e. The molecule has 7 nitrogen and oxygen atoms in total. The topological polar surface area (TPSA) is 76.5 Å². The summed E-state index contributed by atoms with van der Waals surface area (Å²) in [6.45, 7) is 4.31. The van der Waals surface area contributed by atoms with Gasteiger partial charge in [0.2, 0.25) is 0 Å². The predicted molar refractivity (Wildman–Crippen MR) is 103 cm³/mol. The number of esters is 1. The summed E-state index contributed by atoms with van der Waals surface area (Å²) >= 11 is 0. The third kappa shape index (κ3) is 4.87. The van der Waals surface area contributed by atoms with Crippen LogP contribution in [0.1, 0.15) is 35.2 Å². The number of likely N-dealkylation sites (tertiary alicyclic amines) is 1. The second kappa shape index (κ2) is 8.70. The summed E-state index contributed by atoms with van der Waals surface area (Å²) in [4.78, 5) is 26.0. The van der Waals surface area contributed by atoms with Gasteiger partial charge in [0.05, 0.1) is 12.7 Å². The van der Waals surface area contributed by atoms with Crippen LogP contribution in [0.15, 0.2) is 36.7 Å². The summed E-state index contributed by atoms with van der Waals surface area (Å²) in [5.41, 5.74) is 2.03. The standard InChI is InChI=1S/C20H26N4O3/c1-15-14-17(19(25)27-2)4-5-18(15)22-20(26)23-11-6-16(7-12-23)8-13-24-10-3-9-21-24/h3-5,9-10,14,16H,6-8,11-13H2,1-2H3,(H,22,26). The Labute approximate surface area is 159 Å². The molecule has 2 amide bonds. The maximum absolute atomic E-state index is 12.6. The third-order valence-electron chi connectivity index (χ3n) is 5.12. The first-order chi connectivity index (χ1) is 13.1. The predicted octanol–water partition coefficient (Wildman–Crippen LogP) is 3.31. The molecule has 1 aromatic carbocycles. The van der Waals surface area contributed by atoms with Crippen molar-refractivity contribution < 1.29 is 14.3 Å². The number of carbonyl (C=O) groups excluding carboxylic acids is 2. The molecule has 27 heavy (non-hydrogen) atoms. The summed E-state index contributed by atoms with van der Waals surface area (Å²) < 4.78 is 6.68. The first kappa shape index (κ1) is 18.9. The van der Waals surface area contributed by atoms with E-state index in [0.717, 1.165) is 44.5 Å². The summed E-state index contributed by atoms with van der Waals surface area (Å²) in [5, 5.41) is 7.19. The minimum Gasteiger partial charge on any atom is -0.465 e. The van der Waals surface area contributed by atoms with Crippen molar-refractivity contribution in [2.45, 2.75) is 32.7 Å². The molecule has 7 heteroatoms. The third-order valence-corrected chi connectivity index (χ3v) is 5.12. The van der Waals surface area contributed by atoms with Crippen LogP contribution in [-0.4, -0.2) is 46.9 Å². The number of methoxy groups -OCH3 is 1. The second-order valence-electron chi connectivity index (χ2n) is 6.94. The molecule has 0 saturated carbocycles. The van der Waals surface area contributed by atoms with Gasteiger partial charge >= 0.3 is 12.0 Å². The number of hydrogen-bond acceptors (Lipinski definition) is 4. The number of carbonyl (C=O) groups is 2. The van der Waals surface area contributed by atoms with Gasteiger partial charge < -0.3 is 15.0 Å². The number of ether oxygens (including phenoxy) is 1. The largest absolute Gasteiger partial charge is 0.465 e. The second-order valence-corrected chi connectivity index (χ2v) is 6.94. The molecule has 1 aromatic heterocycles. The van der Waals surface area contributed by atoms with Crippen molar-refractivity contribution in [1.82, 2.24) is 14.7 Å². The Kier molecular flexibility index (Phi) is 6.11. The molecule has 0 bridgehead atoms. The van der Waals surface area contributed by atoms with Crippen molar-refractivity contribution in [2.75, 3.05) is 25.5 Å². The van der Waals surface area contributed by atoms with Crippen molar-refractivity contribution in [3.63, 3.8) is 0 Å². The number of hydrogen-bond donors (Lipinski definition) is 1. The van der Waals surface area contributed by atoms with Gasteiger partial charge in [-0.2, -0.15) is 5.10 Å². The average Bonchev–Trinajstić information content (AvgIpc) is 3.21. The van der Waals surface area contributed by atoms with Gasteiger partial charge in [-0.25, -0.2) is 9.59 Å². The molecule has 0 radical (unpaired) electrons. The van der Waals surface area contributed by atoms with Crippen molar-refractivity contribution in [2.24, 2.45) is 5.92 Å². The molecule has 1 saturated heterocycles. The normalized spacial score (nSPS) is 14.8. The zero-order valence-electron chi connectivity index (χ0n) is 15.9. The Hall–Kier alpha value is -2.83. The van der Waals surface area contributed by atoms with Gasteiger partial charge in [0, 0.05) is 37.7 Å². The molecule has 2 aromatic rings. The Morgan fingerprint density at radius 3 is 2.70 bits per heavy atom. The number of piperidine rings is 1. The highest BCUT2D eigenvalue weighted by molar-refractivity contribution is 5.93. The van der Waals surface area contributed by atoms with Crippen LogP contribution in [0.4, 0.5) is 10.5 Å². The summed E-state index contributed by atoms with van der Waals surface area (Å²) in [7, 11) is 1.35. The van der Waals surface area contributed by atoms with Crippen molar-refractivity contribution >= 4 is 17.7 Å². The number of aromatic nitrogens is 2. The van der Waals surface area contributed by atoms with E-state index in [2.05, 4.69) is 10.4 Å². The van der Waals surface area contributed by atoms with Gasteiger partial charge in [-0.3, -0.25) is 4.68 Å². The van der Waals surface area contributed by atoms with Crippen LogP contribution in [0.2, 0.25) is 0 Å². The van der Waals surface area contributed by atoms with E-state index in [1.807, 2.05) is 28.8 Å². The number of benzene rings is 1. The van der Waals surface area contributed by atoms with Gasteiger partial charge in [0.1, 0.15) is 0 Å². The van der Waals surface area contributed by atoms with Crippen molar-refractivity contribution in [1.29, 1.82) is 0 Å². The summed E-state index contributed by atoms with van der Waals surface area (Å²) in [6.07, 6.45) is 6.89. The van der Waals surface area contributed by atoms with Crippen LogP contribution in [-0.2, 0) is 11.3 Å². The zero-order chi connectivity index (χ0) is 19.2. The van der Waals surface area contributed by atoms with E-state index in [9.17, 15) is 9.59 Å². The lowest BCUT2D eigenvalue weighted by Gasteiger charge is -2.32. The molecule has 0 aliphatic carbocycles. The molecule has 144 valence electrons. The van der Waals surface area contributed by atoms with E-state index in [1.165, 1.54) is 7.11 Å².